The lowest BCUT2D eigenvalue weighted by Gasteiger charge is -2.21. The molecule has 2 aromatic rings. The Kier molecular flexibility index (Phi) is 7.72. The summed E-state index contributed by atoms with van der Waals surface area (Å²) in [5.74, 6) is -0.159. The molecule has 172 valence electrons. The first kappa shape index (κ1) is 23.6. The Hall–Kier alpha value is -3.09. The predicted octanol–water partition coefficient (Wildman–Crippen LogP) is 3.86. The number of nitrogens with one attached hydrogen (secondary N) is 1. The van der Waals surface area contributed by atoms with Gasteiger partial charge in [-0.3, -0.25) is 9.59 Å². The van der Waals surface area contributed by atoms with Crippen LogP contribution in [-0.2, 0) is 4.79 Å². The third-order valence-electron chi connectivity index (χ3n) is 5.91. The Labute approximate surface area is 188 Å². The van der Waals surface area contributed by atoms with E-state index in [-0.39, 0.29) is 30.5 Å². The van der Waals surface area contributed by atoms with Crippen molar-refractivity contribution in [1.82, 2.24) is 10.2 Å². The van der Waals surface area contributed by atoms with Gasteiger partial charge in [0, 0.05) is 37.2 Å². The number of ether oxygens (including phenoxy) is 2. The summed E-state index contributed by atoms with van der Waals surface area (Å²) in [6.07, 6.45) is 0.868. The lowest BCUT2D eigenvalue weighted by molar-refractivity contribution is -0.124. The molecule has 0 saturated carbocycles. The number of carbonyl (C=O) groups excluding carboxylic acids is 2. The fraction of sp³-hybridized carbons (Fsp3) is 0.440. The van der Waals surface area contributed by atoms with Crippen molar-refractivity contribution < 1.29 is 23.5 Å². The van der Waals surface area contributed by atoms with Gasteiger partial charge in [0.1, 0.15) is 17.3 Å². The van der Waals surface area contributed by atoms with Gasteiger partial charge in [-0.05, 0) is 30.5 Å². The van der Waals surface area contributed by atoms with Crippen molar-refractivity contribution in [3.63, 3.8) is 0 Å². The SMILES string of the molecule is COc1ccc(C2CN(C(=O)c3ccccc3F)CC2C(=O)NCCC(C)C)c(OC)c1. The molecule has 0 aliphatic carbocycles. The summed E-state index contributed by atoms with van der Waals surface area (Å²) in [5, 5.41) is 3.01. The zero-order valence-electron chi connectivity index (χ0n) is 19.1. The number of hydrogen-bond acceptors (Lipinski definition) is 4. The molecule has 3 rings (SSSR count). The minimum Gasteiger partial charge on any atom is -0.497 e. The van der Waals surface area contributed by atoms with Crippen LogP contribution in [0.3, 0.4) is 0 Å². The molecule has 0 aromatic heterocycles. The number of likely N-dealkylation sites (tertiary alicyclic amines) is 1. The van der Waals surface area contributed by atoms with E-state index in [4.69, 9.17) is 9.47 Å². The van der Waals surface area contributed by atoms with Gasteiger partial charge in [-0.25, -0.2) is 4.39 Å². The Balaban J connectivity index is 1.90. The maximum absolute atomic E-state index is 14.3. The van der Waals surface area contributed by atoms with Crippen LogP contribution < -0.4 is 14.8 Å². The van der Waals surface area contributed by atoms with Crippen molar-refractivity contribution in [1.29, 1.82) is 0 Å². The molecule has 1 aliphatic rings. The van der Waals surface area contributed by atoms with E-state index >= 15 is 0 Å². The van der Waals surface area contributed by atoms with Gasteiger partial charge in [0.05, 0.1) is 25.7 Å². The number of halogens is 1. The van der Waals surface area contributed by atoms with E-state index in [9.17, 15) is 14.0 Å². The molecule has 0 bridgehead atoms. The number of amides is 2. The second kappa shape index (κ2) is 10.5. The predicted molar refractivity (Wildman–Crippen MR) is 121 cm³/mol. The van der Waals surface area contributed by atoms with E-state index < -0.39 is 17.6 Å². The van der Waals surface area contributed by atoms with Crippen molar-refractivity contribution in [2.24, 2.45) is 11.8 Å². The molecule has 1 fully saturated rings. The summed E-state index contributed by atoms with van der Waals surface area (Å²) >= 11 is 0. The average molecular weight is 443 g/mol. The van der Waals surface area contributed by atoms with E-state index in [2.05, 4.69) is 19.2 Å². The van der Waals surface area contributed by atoms with Gasteiger partial charge in [0.15, 0.2) is 0 Å². The Morgan fingerprint density at radius 1 is 1.12 bits per heavy atom. The topological polar surface area (TPSA) is 67.9 Å². The van der Waals surface area contributed by atoms with Gasteiger partial charge >= 0.3 is 0 Å². The standard InChI is InChI=1S/C25H31FN2O4/c1-16(2)11-12-27-24(29)21-15-28(25(30)19-7-5-6-8-22(19)26)14-20(21)18-10-9-17(31-3)13-23(18)32-4/h5-10,13,16,20-21H,11-12,14-15H2,1-4H3,(H,27,29). The molecule has 1 saturated heterocycles. The Bertz CT molecular complexity index is 963. The zero-order chi connectivity index (χ0) is 23.3. The second-order valence-corrected chi connectivity index (χ2v) is 8.48. The summed E-state index contributed by atoms with van der Waals surface area (Å²) in [6.45, 7) is 5.27. The maximum Gasteiger partial charge on any atom is 0.256 e. The number of carbonyl (C=O) groups is 2. The second-order valence-electron chi connectivity index (χ2n) is 8.48. The number of nitrogens with zero attached hydrogens (tertiary/aromatic N) is 1. The quantitative estimate of drug-likeness (QED) is 0.674. The highest BCUT2D eigenvalue weighted by molar-refractivity contribution is 5.95. The fourth-order valence-corrected chi connectivity index (χ4v) is 4.10. The first-order valence-corrected chi connectivity index (χ1v) is 10.9. The van der Waals surface area contributed by atoms with Crippen molar-refractivity contribution in [3.05, 3.63) is 59.4 Å². The Morgan fingerprint density at radius 3 is 2.53 bits per heavy atom. The van der Waals surface area contributed by atoms with Crippen LogP contribution in [0.25, 0.3) is 0 Å². The molecule has 2 atom stereocenters. The van der Waals surface area contributed by atoms with Crippen LogP contribution in [0, 0.1) is 17.7 Å². The van der Waals surface area contributed by atoms with Crippen LogP contribution in [0.5, 0.6) is 11.5 Å². The minimum absolute atomic E-state index is 0.00816. The molecular formula is C25H31FN2O4. The van der Waals surface area contributed by atoms with Crippen LogP contribution in [0.15, 0.2) is 42.5 Å². The largest absolute Gasteiger partial charge is 0.497 e. The lowest BCUT2D eigenvalue weighted by Crippen LogP contribution is -2.36. The normalized spacial score (nSPS) is 18.0. The highest BCUT2D eigenvalue weighted by atomic mass is 19.1. The van der Waals surface area contributed by atoms with Crippen LogP contribution in [0.4, 0.5) is 4.39 Å². The molecule has 7 heteroatoms. The number of benzene rings is 2. The molecular weight excluding hydrogens is 411 g/mol. The van der Waals surface area contributed by atoms with Gasteiger partial charge < -0.3 is 19.7 Å². The highest BCUT2D eigenvalue weighted by Gasteiger charge is 2.42. The number of hydrogen-bond donors (Lipinski definition) is 1. The van der Waals surface area contributed by atoms with Crippen molar-refractivity contribution in [2.75, 3.05) is 33.9 Å². The average Bonchev–Trinajstić information content (AvgIpc) is 3.23. The molecule has 32 heavy (non-hydrogen) atoms. The van der Waals surface area contributed by atoms with E-state index in [0.29, 0.717) is 24.0 Å². The van der Waals surface area contributed by atoms with E-state index in [1.807, 2.05) is 12.1 Å². The van der Waals surface area contributed by atoms with Gasteiger partial charge in [0.2, 0.25) is 5.91 Å². The van der Waals surface area contributed by atoms with Crippen LogP contribution in [0.1, 0.15) is 42.1 Å². The molecule has 2 aromatic carbocycles. The van der Waals surface area contributed by atoms with Gasteiger partial charge in [0.25, 0.3) is 5.91 Å². The van der Waals surface area contributed by atoms with E-state index in [0.717, 1.165) is 12.0 Å². The van der Waals surface area contributed by atoms with Crippen LogP contribution in [0.2, 0.25) is 0 Å². The van der Waals surface area contributed by atoms with Crippen molar-refractivity contribution in [2.45, 2.75) is 26.2 Å². The number of rotatable bonds is 8. The molecule has 0 radical (unpaired) electrons. The van der Waals surface area contributed by atoms with E-state index in [1.54, 1.807) is 37.3 Å². The van der Waals surface area contributed by atoms with Crippen LogP contribution in [-0.4, -0.2) is 50.6 Å². The van der Waals surface area contributed by atoms with Gasteiger partial charge in [-0.15, -0.1) is 0 Å². The summed E-state index contributed by atoms with van der Waals surface area (Å²) in [4.78, 5) is 27.7. The Morgan fingerprint density at radius 2 is 1.88 bits per heavy atom. The van der Waals surface area contributed by atoms with Gasteiger partial charge in [-0.2, -0.15) is 0 Å². The molecule has 1 N–H and O–H groups in total. The molecule has 1 aliphatic heterocycles. The highest BCUT2D eigenvalue weighted by Crippen LogP contribution is 2.39. The molecule has 0 spiro atoms. The smallest absolute Gasteiger partial charge is 0.256 e. The molecule has 2 amide bonds. The van der Waals surface area contributed by atoms with E-state index in [1.165, 1.54) is 12.1 Å². The lowest BCUT2D eigenvalue weighted by atomic mass is 9.87. The summed E-state index contributed by atoms with van der Waals surface area (Å²) in [6, 6.07) is 11.4. The first-order valence-electron chi connectivity index (χ1n) is 10.9. The van der Waals surface area contributed by atoms with Crippen molar-refractivity contribution >= 4 is 11.8 Å². The summed E-state index contributed by atoms with van der Waals surface area (Å²) in [5.41, 5.74) is 0.829. The molecule has 6 nitrogen and oxygen atoms in total. The number of methoxy groups -OCH3 is 2. The minimum atomic E-state index is -0.569. The monoisotopic (exact) mass is 442 g/mol. The van der Waals surface area contributed by atoms with Crippen molar-refractivity contribution in [3.8, 4) is 11.5 Å². The van der Waals surface area contributed by atoms with Gasteiger partial charge in [-0.1, -0.05) is 32.0 Å². The third kappa shape index (κ3) is 5.21. The molecule has 1 heterocycles. The zero-order valence-corrected chi connectivity index (χ0v) is 19.1. The fourth-order valence-electron chi connectivity index (χ4n) is 4.10. The summed E-state index contributed by atoms with van der Waals surface area (Å²) < 4.78 is 25.1. The third-order valence-corrected chi connectivity index (χ3v) is 5.91. The summed E-state index contributed by atoms with van der Waals surface area (Å²) in [7, 11) is 3.14. The first-order chi connectivity index (χ1) is 15.3. The maximum atomic E-state index is 14.3. The van der Waals surface area contributed by atoms with Crippen LogP contribution >= 0.6 is 0 Å². The molecule has 2 unspecified atom stereocenters.